The van der Waals surface area contributed by atoms with E-state index in [1.54, 1.807) is 4.90 Å². The zero-order valence-corrected chi connectivity index (χ0v) is 17.2. The predicted octanol–water partition coefficient (Wildman–Crippen LogP) is 3.97. The molecular weight excluding hydrogens is 342 g/mol. The number of nitrogens with zero attached hydrogens (tertiary/aromatic N) is 4. The molecule has 1 N–H and O–H groups in total. The number of fused-ring (bicyclic) bond motifs is 1. The van der Waals surface area contributed by atoms with Gasteiger partial charge in [0, 0.05) is 19.1 Å². The lowest BCUT2D eigenvalue weighted by Gasteiger charge is -2.34. The van der Waals surface area contributed by atoms with E-state index in [-0.39, 0.29) is 6.09 Å². The number of nitrogens with one attached hydrogen (secondary N) is 1. The molecule has 1 amide bonds. The highest BCUT2D eigenvalue weighted by atomic mass is 16.6. The van der Waals surface area contributed by atoms with Gasteiger partial charge in [-0.25, -0.2) is 14.3 Å². The molecule has 3 heterocycles. The quantitative estimate of drug-likeness (QED) is 0.881. The number of rotatable bonds is 3. The van der Waals surface area contributed by atoms with Gasteiger partial charge in [0.2, 0.25) is 0 Å². The molecule has 0 bridgehead atoms. The van der Waals surface area contributed by atoms with E-state index in [9.17, 15) is 4.79 Å². The maximum Gasteiger partial charge on any atom is 0.410 e. The van der Waals surface area contributed by atoms with Crippen LogP contribution >= 0.6 is 0 Å². The Morgan fingerprint density at radius 1 is 1.30 bits per heavy atom. The van der Waals surface area contributed by atoms with Crippen LogP contribution in [0.15, 0.2) is 12.3 Å². The summed E-state index contributed by atoms with van der Waals surface area (Å²) in [6.07, 6.45) is 3.44. The third-order valence-electron chi connectivity index (χ3n) is 4.71. The molecule has 0 aliphatic carbocycles. The summed E-state index contributed by atoms with van der Waals surface area (Å²) in [6, 6.07) is 2.35. The Morgan fingerprint density at radius 3 is 2.56 bits per heavy atom. The molecule has 0 spiro atoms. The Morgan fingerprint density at radius 2 is 1.96 bits per heavy atom. The van der Waals surface area contributed by atoms with E-state index >= 15 is 0 Å². The standard InChI is InChI=1S/C20H31N5O2/c1-13(2)17-12-21-18-16(11-14(3)23-25(17)18)22-15-7-9-24(10-8-15)19(26)27-20(4,5)6/h11-13,15,22H,7-10H2,1-6H3. The largest absolute Gasteiger partial charge is 0.444 e. The number of hydrogen-bond donors (Lipinski definition) is 1. The van der Waals surface area contributed by atoms with Crippen LogP contribution in [0.4, 0.5) is 10.5 Å². The second kappa shape index (κ2) is 7.37. The molecule has 2 aromatic heterocycles. The summed E-state index contributed by atoms with van der Waals surface area (Å²) in [4.78, 5) is 18.6. The molecule has 3 rings (SSSR count). The number of aromatic nitrogens is 3. The lowest BCUT2D eigenvalue weighted by atomic mass is 10.1. The van der Waals surface area contributed by atoms with Gasteiger partial charge in [0.25, 0.3) is 0 Å². The average Bonchev–Trinajstić information content (AvgIpc) is 2.98. The van der Waals surface area contributed by atoms with Crippen molar-refractivity contribution in [2.45, 2.75) is 71.9 Å². The van der Waals surface area contributed by atoms with Crippen LogP contribution in [0.5, 0.6) is 0 Å². The van der Waals surface area contributed by atoms with Crippen molar-refractivity contribution >= 4 is 17.4 Å². The minimum atomic E-state index is -0.457. The van der Waals surface area contributed by atoms with Crippen molar-refractivity contribution in [3.8, 4) is 0 Å². The van der Waals surface area contributed by atoms with Gasteiger partial charge in [-0.2, -0.15) is 5.10 Å². The van der Waals surface area contributed by atoms with Crippen molar-refractivity contribution in [3.63, 3.8) is 0 Å². The number of hydrogen-bond acceptors (Lipinski definition) is 5. The van der Waals surface area contributed by atoms with E-state index in [0.29, 0.717) is 25.0 Å². The molecule has 0 saturated carbocycles. The summed E-state index contributed by atoms with van der Waals surface area (Å²) in [5.74, 6) is 0.360. The van der Waals surface area contributed by atoms with Gasteiger partial charge in [-0.1, -0.05) is 13.8 Å². The fraction of sp³-hybridized carbons (Fsp3) is 0.650. The van der Waals surface area contributed by atoms with Crippen molar-refractivity contribution in [2.24, 2.45) is 0 Å². The maximum atomic E-state index is 12.2. The monoisotopic (exact) mass is 373 g/mol. The first-order valence-corrected chi connectivity index (χ1v) is 9.74. The normalized spacial score (nSPS) is 16.2. The first kappa shape index (κ1) is 19.5. The second-order valence-electron chi connectivity index (χ2n) is 8.66. The highest BCUT2D eigenvalue weighted by molar-refractivity contribution is 5.69. The Balaban J connectivity index is 1.68. The summed E-state index contributed by atoms with van der Waals surface area (Å²) >= 11 is 0. The number of carbonyl (C=O) groups is 1. The van der Waals surface area contributed by atoms with E-state index < -0.39 is 5.60 Å². The van der Waals surface area contributed by atoms with E-state index in [4.69, 9.17) is 4.74 Å². The van der Waals surface area contributed by atoms with Gasteiger partial charge in [-0.05, 0) is 52.5 Å². The number of anilines is 1. The first-order valence-electron chi connectivity index (χ1n) is 9.74. The molecule has 27 heavy (non-hydrogen) atoms. The summed E-state index contributed by atoms with van der Waals surface area (Å²) < 4.78 is 7.42. The number of piperidine rings is 1. The van der Waals surface area contributed by atoms with Crippen LogP contribution in [0.1, 0.15) is 64.8 Å². The van der Waals surface area contributed by atoms with Crippen molar-refractivity contribution in [2.75, 3.05) is 18.4 Å². The third-order valence-corrected chi connectivity index (χ3v) is 4.71. The van der Waals surface area contributed by atoms with Crippen LogP contribution < -0.4 is 5.32 Å². The average molecular weight is 374 g/mol. The van der Waals surface area contributed by atoms with Crippen LogP contribution in [-0.4, -0.2) is 50.3 Å². The van der Waals surface area contributed by atoms with Gasteiger partial charge < -0.3 is 15.0 Å². The van der Waals surface area contributed by atoms with Crippen LogP contribution in [0.2, 0.25) is 0 Å². The zero-order chi connectivity index (χ0) is 19.8. The molecule has 1 fully saturated rings. The fourth-order valence-electron chi connectivity index (χ4n) is 3.36. The summed E-state index contributed by atoms with van der Waals surface area (Å²) in [6.45, 7) is 13.4. The number of imidazole rings is 1. The number of likely N-dealkylation sites (tertiary alicyclic amines) is 1. The van der Waals surface area contributed by atoms with Crippen LogP contribution in [0.3, 0.4) is 0 Å². The Bertz CT molecular complexity index is 814. The summed E-state index contributed by atoms with van der Waals surface area (Å²) in [7, 11) is 0. The van der Waals surface area contributed by atoms with E-state index in [1.165, 1.54) is 0 Å². The minimum Gasteiger partial charge on any atom is -0.444 e. The van der Waals surface area contributed by atoms with Gasteiger partial charge in [0.15, 0.2) is 5.65 Å². The van der Waals surface area contributed by atoms with Gasteiger partial charge >= 0.3 is 6.09 Å². The smallest absolute Gasteiger partial charge is 0.410 e. The van der Waals surface area contributed by atoms with Gasteiger partial charge in [-0.3, -0.25) is 0 Å². The Labute approximate surface area is 161 Å². The number of ether oxygens (including phenoxy) is 1. The van der Waals surface area contributed by atoms with Crippen molar-refractivity contribution < 1.29 is 9.53 Å². The SMILES string of the molecule is Cc1cc(NC2CCN(C(=O)OC(C)(C)C)CC2)c2ncc(C(C)C)n2n1. The molecule has 2 aromatic rings. The van der Waals surface area contributed by atoms with Crippen molar-refractivity contribution in [3.05, 3.63) is 23.7 Å². The van der Waals surface area contributed by atoms with E-state index in [2.05, 4.69) is 29.2 Å². The third kappa shape index (κ3) is 4.51. The van der Waals surface area contributed by atoms with Crippen LogP contribution in [0, 0.1) is 6.92 Å². The number of amides is 1. The molecule has 0 aromatic carbocycles. The fourth-order valence-corrected chi connectivity index (χ4v) is 3.36. The first-order chi connectivity index (χ1) is 12.6. The van der Waals surface area contributed by atoms with E-state index in [1.807, 2.05) is 44.5 Å². The zero-order valence-electron chi connectivity index (χ0n) is 17.2. The predicted molar refractivity (Wildman–Crippen MR) is 106 cm³/mol. The van der Waals surface area contributed by atoms with E-state index in [0.717, 1.165) is 35.6 Å². The molecule has 1 saturated heterocycles. The molecule has 7 heteroatoms. The summed E-state index contributed by atoms with van der Waals surface area (Å²) in [5.41, 5.74) is 3.47. The van der Waals surface area contributed by atoms with Crippen LogP contribution in [0.25, 0.3) is 5.65 Å². The molecule has 1 aliphatic heterocycles. The molecule has 0 atom stereocenters. The van der Waals surface area contributed by atoms with Gasteiger partial charge in [0.05, 0.1) is 23.3 Å². The maximum absolute atomic E-state index is 12.2. The molecule has 148 valence electrons. The molecule has 0 unspecified atom stereocenters. The molecule has 7 nitrogen and oxygen atoms in total. The lowest BCUT2D eigenvalue weighted by Crippen LogP contribution is -2.44. The van der Waals surface area contributed by atoms with Crippen molar-refractivity contribution in [1.82, 2.24) is 19.5 Å². The molecule has 0 radical (unpaired) electrons. The highest BCUT2D eigenvalue weighted by Crippen LogP contribution is 2.24. The van der Waals surface area contributed by atoms with Gasteiger partial charge in [-0.15, -0.1) is 0 Å². The molecule has 1 aliphatic rings. The van der Waals surface area contributed by atoms with Crippen molar-refractivity contribution in [1.29, 1.82) is 0 Å². The highest BCUT2D eigenvalue weighted by Gasteiger charge is 2.27. The minimum absolute atomic E-state index is 0.224. The van der Waals surface area contributed by atoms with Crippen LogP contribution in [-0.2, 0) is 4.74 Å². The second-order valence-corrected chi connectivity index (χ2v) is 8.66. The molecular formula is C20H31N5O2. The number of carbonyl (C=O) groups excluding carboxylic acids is 1. The summed E-state index contributed by atoms with van der Waals surface area (Å²) in [5, 5.41) is 8.25. The van der Waals surface area contributed by atoms with Gasteiger partial charge in [0.1, 0.15) is 5.60 Å². The topological polar surface area (TPSA) is 71.8 Å². The number of aryl methyl sites for hydroxylation is 1. The lowest BCUT2D eigenvalue weighted by molar-refractivity contribution is 0.0210. The Hall–Kier alpha value is -2.31. The Kier molecular flexibility index (Phi) is 5.31.